The molecule has 19 heavy (non-hydrogen) atoms. The van der Waals surface area contributed by atoms with Gasteiger partial charge in [-0.25, -0.2) is 4.39 Å². The van der Waals surface area contributed by atoms with Gasteiger partial charge in [0, 0.05) is 31.3 Å². The van der Waals surface area contributed by atoms with Crippen molar-refractivity contribution in [2.75, 3.05) is 32.8 Å². The Morgan fingerprint density at radius 2 is 2.00 bits per heavy atom. The van der Waals surface area contributed by atoms with Crippen molar-refractivity contribution in [3.63, 3.8) is 0 Å². The minimum Gasteiger partial charge on any atom is -0.380 e. The molecule has 0 saturated heterocycles. The quantitative estimate of drug-likeness (QED) is 0.700. The van der Waals surface area contributed by atoms with E-state index in [4.69, 9.17) is 10.5 Å². The van der Waals surface area contributed by atoms with Crippen LogP contribution in [-0.2, 0) is 4.74 Å². The molecule has 0 aliphatic carbocycles. The summed E-state index contributed by atoms with van der Waals surface area (Å²) in [7, 11) is 0. The van der Waals surface area contributed by atoms with Crippen LogP contribution in [-0.4, -0.2) is 37.7 Å². The molecule has 0 aromatic heterocycles. The van der Waals surface area contributed by atoms with E-state index in [9.17, 15) is 4.39 Å². The monoisotopic (exact) mass is 268 g/mol. The molecule has 0 saturated carbocycles. The van der Waals surface area contributed by atoms with E-state index >= 15 is 0 Å². The molecular formula is C15H25FN2O. The molecule has 1 atom stereocenters. The van der Waals surface area contributed by atoms with Crippen molar-refractivity contribution in [2.24, 2.45) is 5.73 Å². The number of hydrogen-bond acceptors (Lipinski definition) is 3. The number of nitrogens with zero attached hydrogens (tertiary/aromatic N) is 1. The molecule has 2 N–H and O–H groups in total. The van der Waals surface area contributed by atoms with Gasteiger partial charge < -0.3 is 15.4 Å². The highest BCUT2D eigenvalue weighted by atomic mass is 19.1. The summed E-state index contributed by atoms with van der Waals surface area (Å²) >= 11 is 0. The second kappa shape index (κ2) is 9.02. The molecule has 0 fully saturated rings. The van der Waals surface area contributed by atoms with E-state index in [2.05, 4.69) is 11.8 Å². The van der Waals surface area contributed by atoms with Gasteiger partial charge in [-0.1, -0.05) is 25.1 Å². The summed E-state index contributed by atoms with van der Waals surface area (Å²) in [4.78, 5) is 2.27. The van der Waals surface area contributed by atoms with E-state index in [1.54, 1.807) is 12.1 Å². The van der Waals surface area contributed by atoms with E-state index < -0.39 is 0 Å². The number of benzene rings is 1. The fourth-order valence-electron chi connectivity index (χ4n) is 2.02. The van der Waals surface area contributed by atoms with Crippen molar-refractivity contribution in [1.29, 1.82) is 0 Å². The van der Waals surface area contributed by atoms with E-state index in [0.29, 0.717) is 5.56 Å². The van der Waals surface area contributed by atoms with Gasteiger partial charge in [-0.3, -0.25) is 0 Å². The second-order valence-corrected chi connectivity index (χ2v) is 4.55. The summed E-state index contributed by atoms with van der Waals surface area (Å²) < 4.78 is 18.9. The summed E-state index contributed by atoms with van der Waals surface area (Å²) in [5, 5.41) is 0. The maximum absolute atomic E-state index is 13.6. The van der Waals surface area contributed by atoms with Gasteiger partial charge in [0.1, 0.15) is 5.82 Å². The van der Waals surface area contributed by atoms with Crippen molar-refractivity contribution in [3.8, 4) is 0 Å². The molecule has 0 heterocycles. The van der Waals surface area contributed by atoms with Crippen LogP contribution in [0.2, 0.25) is 0 Å². The predicted molar refractivity (Wildman–Crippen MR) is 76.6 cm³/mol. The van der Waals surface area contributed by atoms with Crippen LogP contribution in [0.3, 0.4) is 0 Å². The number of rotatable bonds is 9. The highest BCUT2D eigenvalue weighted by Crippen LogP contribution is 2.17. The Balaban J connectivity index is 2.39. The molecule has 0 bridgehead atoms. The molecule has 1 rings (SSSR count). The average molecular weight is 268 g/mol. The molecule has 0 radical (unpaired) electrons. The third kappa shape index (κ3) is 5.68. The van der Waals surface area contributed by atoms with Crippen LogP contribution in [0.1, 0.15) is 31.9 Å². The minimum absolute atomic E-state index is 0.215. The second-order valence-electron chi connectivity index (χ2n) is 4.55. The lowest BCUT2D eigenvalue weighted by Crippen LogP contribution is -2.30. The Labute approximate surface area is 115 Å². The van der Waals surface area contributed by atoms with Crippen LogP contribution < -0.4 is 5.73 Å². The molecule has 108 valence electrons. The number of ether oxygens (including phenoxy) is 1. The maximum Gasteiger partial charge on any atom is 0.127 e. The zero-order valence-corrected chi connectivity index (χ0v) is 11.9. The molecule has 0 amide bonds. The van der Waals surface area contributed by atoms with Gasteiger partial charge in [-0.05, 0) is 26.0 Å². The van der Waals surface area contributed by atoms with Gasteiger partial charge in [-0.15, -0.1) is 0 Å². The lowest BCUT2D eigenvalue weighted by atomic mass is 10.0. The van der Waals surface area contributed by atoms with Gasteiger partial charge in [0.2, 0.25) is 0 Å². The summed E-state index contributed by atoms with van der Waals surface area (Å²) in [5.41, 5.74) is 6.66. The molecule has 0 aliphatic heterocycles. The first-order chi connectivity index (χ1) is 9.19. The van der Waals surface area contributed by atoms with Gasteiger partial charge in [0.15, 0.2) is 0 Å². The Morgan fingerprint density at radius 1 is 1.26 bits per heavy atom. The van der Waals surface area contributed by atoms with Crippen LogP contribution in [0.5, 0.6) is 0 Å². The van der Waals surface area contributed by atoms with E-state index in [1.165, 1.54) is 6.07 Å². The van der Waals surface area contributed by atoms with Gasteiger partial charge >= 0.3 is 0 Å². The Hall–Kier alpha value is -0.970. The first-order valence-electron chi connectivity index (χ1n) is 6.99. The van der Waals surface area contributed by atoms with Crippen LogP contribution >= 0.6 is 0 Å². The summed E-state index contributed by atoms with van der Waals surface area (Å²) in [6.07, 6.45) is 0.751. The van der Waals surface area contributed by atoms with Crippen molar-refractivity contribution in [1.82, 2.24) is 4.90 Å². The molecule has 0 spiro atoms. The summed E-state index contributed by atoms with van der Waals surface area (Å²) in [6, 6.07) is 6.48. The fraction of sp³-hybridized carbons (Fsp3) is 0.600. The molecular weight excluding hydrogens is 243 g/mol. The van der Waals surface area contributed by atoms with Crippen LogP contribution in [0.15, 0.2) is 24.3 Å². The van der Waals surface area contributed by atoms with Crippen LogP contribution in [0.25, 0.3) is 0 Å². The maximum atomic E-state index is 13.6. The topological polar surface area (TPSA) is 38.5 Å². The number of nitrogens with two attached hydrogens (primary N) is 1. The first-order valence-corrected chi connectivity index (χ1v) is 6.99. The minimum atomic E-state index is -0.248. The number of hydrogen-bond donors (Lipinski definition) is 1. The first kappa shape index (κ1) is 16.1. The van der Waals surface area contributed by atoms with Crippen LogP contribution in [0.4, 0.5) is 4.39 Å². The standard InChI is InChI=1S/C15H25FN2O/c1-3-18(11-12-19-4-2)10-9-15(17)13-7-5-6-8-14(13)16/h5-8,15H,3-4,9-12,17H2,1-2H3. The zero-order chi connectivity index (χ0) is 14.1. The van der Waals surface area contributed by atoms with Crippen molar-refractivity contribution in [2.45, 2.75) is 26.3 Å². The van der Waals surface area contributed by atoms with Crippen molar-refractivity contribution in [3.05, 3.63) is 35.6 Å². The number of halogens is 1. The normalized spacial score (nSPS) is 12.9. The smallest absolute Gasteiger partial charge is 0.127 e. The van der Waals surface area contributed by atoms with Crippen LogP contribution in [0, 0.1) is 5.82 Å². The Kier molecular flexibility index (Phi) is 7.63. The van der Waals surface area contributed by atoms with E-state index in [1.807, 2.05) is 13.0 Å². The SMILES string of the molecule is CCOCCN(CC)CCC(N)c1ccccc1F. The lowest BCUT2D eigenvalue weighted by molar-refractivity contribution is 0.114. The van der Waals surface area contributed by atoms with Gasteiger partial charge in [0.25, 0.3) is 0 Å². The molecule has 1 aromatic rings. The van der Waals surface area contributed by atoms with E-state index in [0.717, 1.165) is 39.3 Å². The molecule has 0 aliphatic rings. The van der Waals surface area contributed by atoms with Gasteiger partial charge in [-0.2, -0.15) is 0 Å². The third-order valence-electron chi connectivity index (χ3n) is 3.26. The predicted octanol–water partition coefficient (Wildman–Crippen LogP) is 2.57. The lowest BCUT2D eigenvalue weighted by Gasteiger charge is -2.22. The molecule has 3 nitrogen and oxygen atoms in total. The average Bonchev–Trinajstić information content (AvgIpc) is 2.43. The van der Waals surface area contributed by atoms with E-state index in [-0.39, 0.29) is 11.9 Å². The summed E-state index contributed by atoms with van der Waals surface area (Å²) in [5.74, 6) is -0.215. The fourth-order valence-corrected chi connectivity index (χ4v) is 2.02. The largest absolute Gasteiger partial charge is 0.380 e. The summed E-state index contributed by atoms with van der Waals surface area (Å²) in [6.45, 7) is 8.29. The highest BCUT2D eigenvalue weighted by Gasteiger charge is 2.12. The van der Waals surface area contributed by atoms with Crippen molar-refractivity contribution < 1.29 is 9.13 Å². The van der Waals surface area contributed by atoms with Gasteiger partial charge in [0.05, 0.1) is 6.61 Å². The third-order valence-corrected chi connectivity index (χ3v) is 3.26. The molecule has 1 aromatic carbocycles. The highest BCUT2D eigenvalue weighted by molar-refractivity contribution is 5.20. The number of likely N-dealkylation sites (N-methyl/N-ethyl adjacent to an activating group) is 1. The Bertz CT molecular complexity index is 360. The van der Waals surface area contributed by atoms with Crippen molar-refractivity contribution >= 4 is 0 Å². The molecule has 1 unspecified atom stereocenters. The zero-order valence-electron chi connectivity index (χ0n) is 11.9. The molecule has 4 heteroatoms. The Morgan fingerprint density at radius 3 is 2.63 bits per heavy atom.